The standard InChI is InChI=1S/C15H25N3/c1-2-6-15-14(5-1)13(12-17-15)4-3-9-18-10-7-16-8-11-18/h12,16-17H,1-11H2. The van der Waals surface area contributed by atoms with E-state index in [4.69, 9.17) is 0 Å². The highest BCUT2D eigenvalue weighted by Crippen LogP contribution is 2.24. The Morgan fingerprint density at radius 3 is 2.83 bits per heavy atom. The van der Waals surface area contributed by atoms with Gasteiger partial charge in [-0.05, 0) is 56.2 Å². The molecule has 0 bridgehead atoms. The van der Waals surface area contributed by atoms with Crippen LogP contribution in [0.25, 0.3) is 0 Å². The molecule has 1 aliphatic heterocycles. The summed E-state index contributed by atoms with van der Waals surface area (Å²) in [6.45, 7) is 6.05. The lowest BCUT2D eigenvalue weighted by Crippen LogP contribution is -2.43. The van der Waals surface area contributed by atoms with Crippen molar-refractivity contribution in [2.75, 3.05) is 32.7 Å². The average Bonchev–Trinajstić information content (AvgIpc) is 2.84. The van der Waals surface area contributed by atoms with Gasteiger partial charge in [0.1, 0.15) is 0 Å². The second-order valence-electron chi connectivity index (χ2n) is 5.67. The van der Waals surface area contributed by atoms with Crippen molar-refractivity contribution in [3.63, 3.8) is 0 Å². The molecule has 2 N–H and O–H groups in total. The first-order valence-electron chi connectivity index (χ1n) is 7.54. The van der Waals surface area contributed by atoms with Gasteiger partial charge >= 0.3 is 0 Å². The third-order valence-corrected chi connectivity index (χ3v) is 4.41. The summed E-state index contributed by atoms with van der Waals surface area (Å²) >= 11 is 0. The molecule has 1 aromatic rings. The average molecular weight is 247 g/mol. The number of hydrogen-bond acceptors (Lipinski definition) is 2. The van der Waals surface area contributed by atoms with Crippen molar-refractivity contribution in [3.8, 4) is 0 Å². The lowest BCUT2D eigenvalue weighted by Gasteiger charge is -2.27. The highest BCUT2D eigenvalue weighted by molar-refractivity contribution is 5.32. The summed E-state index contributed by atoms with van der Waals surface area (Å²) in [5.41, 5.74) is 4.78. The number of hydrogen-bond donors (Lipinski definition) is 2. The fourth-order valence-electron chi connectivity index (χ4n) is 3.33. The van der Waals surface area contributed by atoms with E-state index in [1.54, 1.807) is 11.1 Å². The predicted octanol–water partition coefficient (Wildman–Crippen LogP) is 1.73. The summed E-state index contributed by atoms with van der Waals surface area (Å²) in [5.74, 6) is 0. The van der Waals surface area contributed by atoms with E-state index < -0.39 is 0 Å². The van der Waals surface area contributed by atoms with Crippen molar-refractivity contribution >= 4 is 0 Å². The predicted molar refractivity (Wildman–Crippen MR) is 75.1 cm³/mol. The maximum Gasteiger partial charge on any atom is 0.0182 e. The first-order chi connectivity index (χ1) is 8.93. The van der Waals surface area contributed by atoms with Crippen molar-refractivity contribution < 1.29 is 0 Å². The van der Waals surface area contributed by atoms with Gasteiger partial charge in [0.25, 0.3) is 0 Å². The van der Waals surface area contributed by atoms with Crippen molar-refractivity contribution in [3.05, 3.63) is 23.0 Å². The van der Waals surface area contributed by atoms with Crippen LogP contribution < -0.4 is 5.32 Å². The van der Waals surface area contributed by atoms with Gasteiger partial charge in [-0.2, -0.15) is 0 Å². The quantitative estimate of drug-likeness (QED) is 0.849. The number of fused-ring (bicyclic) bond motifs is 1. The van der Waals surface area contributed by atoms with Crippen LogP contribution in [0.15, 0.2) is 6.20 Å². The highest BCUT2D eigenvalue weighted by atomic mass is 15.2. The summed E-state index contributed by atoms with van der Waals surface area (Å²) in [4.78, 5) is 6.08. The summed E-state index contributed by atoms with van der Waals surface area (Å²) in [6, 6.07) is 0. The summed E-state index contributed by atoms with van der Waals surface area (Å²) in [7, 11) is 0. The number of nitrogens with zero attached hydrogens (tertiary/aromatic N) is 1. The molecule has 0 radical (unpaired) electrons. The Morgan fingerprint density at radius 2 is 1.94 bits per heavy atom. The van der Waals surface area contributed by atoms with Gasteiger partial charge in [-0.25, -0.2) is 0 Å². The zero-order chi connectivity index (χ0) is 12.2. The van der Waals surface area contributed by atoms with Crippen LogP contribution in [0.2, 0.25) is 0 Å². The minimum absolute atomic E-state index is 1.17. The van der Waals surface area contributed by atoms with Crippen LogP contribution >= 0.6 is 0 Å². The van der Waals surface area contributed by atoms with E-state index in [1.807, 2.05) is 0 Å². The fraction of sp³-hybridized carbons (Fsp3) is 0.733. The minimum atomic E-state index is 1.17. The Labute approximate surface area is 110 Å². The monoisotopic (exact) mass is 247 g/mol. The molecule has 1 saturated heterocycles. The SMILES string of the molecule is c1[nH]c2c(c1CCCN1CCNCC1)CCCC2. The molecule has 0 atom stereocenters. The Bertz CT molecular complexity index is 377. The molecule has 0 unspecified atom stereocenters. The van der Waals surface area contributed by atoms with Crippen LogP contribution in [0.5, 0.6) is 0 Å². The van der Waals surface area contributed by atoms with Crippen molar-refractivity contribution in [1.82, 2.24) is 15.2 Å². The van der Waals surface area contributed by atoms with Gasteiger partial charge < -0.3 is 15.2 Å². The maximum absolute atomic E-state index is 3.49. The van der Waals surface area contributed by atoms with Gasteiger partial charge in [0.15, 0.2) is 0 Å². The molecule has 2 aliphatic rings. The Morgan fingerprint density at radius 1 is 1.11 bits per heavy atom. The van der Waals surface area contributed by atoms with Crippen LogP contribution in [-0.4, -0.2) is 42.6 Å². The van der Waals surface area contributed by atoms with Crippen LogP contribution in [-0.2, 0) is 19.3 Å². The number of rotatable bonds is 4. The third-order valence-electron chi connectivity index (χ3n) is 4.41. The number of aryl methyl sites for hydroxylation is 2. The van der Waals surface area contributed by atoms with E-state index >= 15 is 0 Å². The second-order valence-corrected chi connectivity index (χ2v) is 5.67. The number of aromatic nitrogens is 1. The number of nitrogens with one attached hydrogen (secondary N) is 2. The van der Waals surface area contributed by atoms with Crippen LogP contribution in [0, 0.1) is 0 Å². The molecule has 2 heterocycles. The van der Waals surface area contributed by atoms with Gasteiger partial charge in [0.05, 0.1) is 0 Å². The summed E-state index contributed by atoms with van der Waals surface area (Å²) in [5, 5.41) is 3.41. The molecule has 18 heavy (non-hydrogen) atoms. The largest absolute Gasteiger partial charge is 0.364 e. The molecule has 3 heteroatoms. The number of aromatic amines is 1. The molecule has 3 nitrogen and oxygen atoms in total. The molecule has 0 amide bonds. The van der Waals surface area contributed by atoms with E-state index in [2.05, 4.69) is 21.4 Å². The van der Waals surface area contributed by atoms with Crippen molar-refractivity contribution in [2.24, 2.45) is 0 Å². The molecule has 3 rings (SSSR count). The third kappa shape index (κ3) is 2.78. The van der Waals surface area contributed by atoms with Gasteiger partial charge in [-0.15, -0.1) is 0 Å². The first kappa shape index (κ1) is 12.2. The van der Waals surface area contributed by atoms with Gasteiger partial charge in [-0.3, -0.25) is 0 Å². The Hall–Kier alpha value is -0.800. The van der Waals surface area contributed by atoms with E-state index in [9.17, 15) is 0 Å². The van der Waals surface area contributed by atoms with Crippen LogP contribution in [0.4, 0.5) is 0 Å². The van der Waals surface area contributed by atoms with Gasteiger partial charge in [0.2, 0.25) is 0 Å². The first-order valence-corrected chi connectivity index (χ1v) is 7.54. The smallest absolute Gasteiger partial charge is 0.0182 e. The lowest BCUT2D eigenvalue weighted by atomic mass is 9.93. The molecule has 100 valence electrons. The number of piperazine rings is 1. The van der Waals surface area contributed by atoms with Gasteiger partial charge in [0, 0.05) is 38.1 Å². The maximum atomic E-state index is 3.49. The summed E-state index contributed by atoms with van der Waals surface area (Å²) < 4.78 is 0. The van der Waals surface area contributed by atoms with Gasteiger partial charge in [-0.1, -0.05) is 0 Å². The van der Waals surface area contributed by atoms with Crippen LogP contribution in [0.3, 0.4) is 0 Å². The van der Waals surface area contributed by atoms with Crippen molar-refractivity contribution in [2.45, 2.75) is 38.5 Å². The zero-order valence-electron chi connectivity index (χ0n) is 11.3. The molecule has 1 aromatic heterocycles. The molecule has 0 aromatic carbocycles. The number of H-pyrrole nitrogens is 1. The summed E-state index contributed by atoms with van der Waals surface area (Å²) in [6.07, 6.45) is 10.2. The second kappa shape index (κ2) is 5.89. The lowest BCUT2D eigenvalue weighted by molar-refractivity contribution is 0.238. The van der Waals surface area contributed by atoms with Crippen molar-refractivity contribution in [1.29, 1.82) is 0 Å². The minimum Gasteiger partial charge on any atom is -0.364 e. The Kier molecular flexibility index (Phi) is 4.01. The fourth-order valence-corrected chi connectivity index (χ4v) is 3.33. The van der Waals surface area contributed by atoms with E-state index in [0.29, 0.717) is 0 Å². The highest BCUT2D eigenvalue weighted by Gasteiger charge is 2.15. The van der Waals surface area contributed by atoms with E-state index in [1.165, 1.54) is 76.9 Å². The molecule has 1 aliphatic carbocycles. The van der Waals surface area contributed by atoms with E-state index in [0.717, 1.165) is 0 Å². The Balaban J connectivity index is 1.49. The zero-order valence-corrected chi connectivity index (χ0v) is 11.3. The molecule has 0 spiro atoms. The molecule has 0 saturated carbocycles. The van der Waals surface area contributed by atoms with E-state index in [-0.39, 0.29) is 0 Å². The molecular formula is C15H25N3. The molecular weight excluding hydrogens is 222 g/mol. The van der Waals surface area contributed by atoms with Crippen LogP contribution in [0.1, 0.15) is 36.1 Å². The topological polar surface area (TPSA) is 31.1 Å². The normalized spacial score (nSPS) is 20.9. The molecule has 1 fully saturated rings.